The van der Waals surface area contributed by atoms with Crippen LogP contribution in [-0.4, -0.2) is 26.6 Å². The van der Waals surface area contributed by atoms with Crippen molar-refractivity contribution < 1.29 is 8.42 Å². The highest BCUT2D eigenvalue weighted by molar-refractivity contribution is 7.88. The Morgan fingerprint density at radius 3 is 2.40 bits per heavy atom. The number of hydrogen-bond acceptors (Lipinski definition) is 2. The van der Waals surface area contributed by atoms with Crippen LogP contribution in [0.1, 0.15) is 5.56 Å². The third-order valence-corrected chi connectivity index (χ3v) is 3.03. The molecule has 0 aromatic heterocycles. The quantitative estimate of drug-likeness (QED) is 0.800. The summed E-state index contributed by atoms with van der Waals surface area (Å²) in [5, 5.41) is 0. The molecule has 1 rings (SSSR count). The molecular weight excluding hydrogens is 234 g/mol. The van der Waals surface area contributed by atoms with Crippen molar-refractivity contribution in [3.8, 4) is 0 Å². The number of nitrogens with one attached hydrogen (secondary N) is 1. The van der Waals surface area contributed by atoms with Gasteiger partial charge < -0.3 is 0 Å². The average Bonchev–Trinajstić information content (AvgIpc) is 2.16. The van der Waals surface area contributed by atoms with Crippen LogP contribution in [0.25, 0.3) is 0 Å². The average molecular weight is 248 g/mol. The number of halogens is 1. The van der Waals surface area contributed by atoms with E-state index in [2.05, 4.69) is 4.72 Å². The zero-order chi connectivity index (χ0) is 11.3. The van der Waals surface area contributed by atoms with Gasteiger partial charge in [-0.25, -0.2) is 13.1 Å². The Hall–Kier alpha value is -0.580. The Morgan fingerprint density at radius 1 is 1.33 bits per heavy atom. The predicted octanol–water partition coefficient (Wildman–Crippen LogP) is 1.39. The van der Waals surface area contributed by atoms with E-state index in [4.69, 9.17) is 11.6 Å². The minimum atomic E-state index is -3.19. The van der Waals surface area contributed by atoms with E-state index in [1.54, 1.807) is 0 Å². The Bertz CT molecular complexity index is 391. The molecule has 0 aliphatic heterocycles. The highest BCUT2D eigenvalue weighted by atomic mass is 35.5. The van der Waals surface area contributed by atoms with E-state index in [0.717, 1.165) is 11.8 Å². The molecule has 5 heteroatoms. The van der Waals surface area contributed by atoms with Crippen LogP contribution in [0.2, 0.25) is 0 Å². The first-order chi connectivity index (χ1) is 7.01. The lowest BCUT2D eigenvalue weighted by atomic mass is 10.1. The fourth-order valence-corrected chi connectivity index (χ4v) is 2.38. The topological polar surface area (TPSA) is 46.2 Å². The van der Waals surface area contributed by atoms with E-state index in [-0.39, 0.29) is 11.9 Å². The minimum Gasteiger partial charge on any atom is -0.213 e. The normalized spacial score (nSPS) is 13.7. The van der Waals surface area contributed by atoms with Gasteiger partial charge in [-0.05, 0) is 12.0 Å². The molecule has 0 fully saturated rings. The van der Waals surface area contributed by atoms with Gasteiger partial charge in [0.1, 0.15) is 0 Å². The van der Waals surface area contributed by atoms with Crippen LogP contribution in [0.3, 0.4) is 0 Å². The molecule has 15 heavy (non-hydrogen) atoms. The summed E-state index contributed by atoms with van der Waals surface area (Å²) in [6, 6.07) is 9.40. The summed E-state index contributed by atoms with van der Waals surface area (Å²) in [6.45, 7) is 0. The van der Waals surface area contributed by atoms with Gasteiger partial charge in [-0.15, -0.1) is 11.6 Å². The second kappa shape index (κ2) is 5.49. The molecule has 0 radical (unpaired) electrons. The van der Waals surface area contributed by atoms with Gasteiger partial charge in [0.2, 0.25) is 10.0 Å². The van der Waals surface area contributed by atoms with Crippen molar-refractivity contribution in [3.05, 3.63) is 35.9 Å². The number of alkyl halides is 1. The smallest absolute Gasteiger partial charge is 0.208 e. The summed E-state index contributed by atoms with van der Waals surface area (Å²) in [6.07, 6.45) is 1.74. The fourth-order valence-electron chi connectivity index (χ4n) is 1.33. The van der Waals surface area contributed by atoms with Crippen molar-refractivity contribution in [1.82, 2.24) is 4.72 Å². The second-order valence-corrected chi connectivity index (χ2v) is 5.52. The van der Waals surface area contributed by atoms with E-state index < -0.39 is 10.0 Å². The standard InChI is InChI=1S/C10H14ClNO2S/c1-15(13,14)12-10(8-11)7-9-5-3-2-4-6-9/h2-6,10,12H,7-8H2,1H3/t10-/m0/s1. The molecule has 84 valence electrons. The van der Waals surface area contributed by atoms with Crippen molar-refractivity contribution in [1.29, 1.82) is 0 Å². The Balaban J connectivity index is 2.63. The van der Waals surface area contributed by atoms with Crippen LogP contribution >= 0.6 is 11.6 Å². The molecule has 1 aromatic rings. The summed E-state index contributed by atoms with van der Waals surface area (Å²) in [5.41, 5.74) is 1.07. The van der Waals surface area contributed by atoms with Crippen LogP contribution in [-0.2, 0) is 16.4 Å². The number of sulfonamides is 1. The van der Waals surface area contributed by atoms with Crippen LogP contribution in [0, 0.1) is 0 Å². The summed E-state index contributed by atoms with van der Waals surface area (Å²) in [5.74, 6) is 0.266. The number of benzene rings is 1. The van der Waals surface area contributed by atoms with Gasteiger partial charge >= 0.3 is 0 Å². The molecule has 3 nitrogen and oxygen atoms in total. The Labute approximate surface area is 95.5 Å². The summed E-state index contributed by atoms with van der Waals surface area (Å²) in [4.78, 5) is 0. The molecule has 0 amide bonds. The van der Waals surface area contributed by atoms with Crippen LogP contribution in [0.15, 0.2) is 30.3 Å². The summed E-state index contributed by atoms with van der Waals surface area (Å²) >= 11 is 5.70. The second-order valence-electron chi connectivity index (χ2n) is 3.43. The van der Waals surface area contributed by atoms with Gasteiger partial charge in [0.25, 0.3) is 0 Å². The molecule has 0 unspecified atom stereocenters. The lowest BCUT2D eigenvalue weighted by molar-refractivity contribution is 0.567. The first-order valence-electron chi connectivity index (χ1n) is 4.58. The molecule has 0 heterocycles. The highest BCUT2D eigenvalue weighted by Crippen LogP contribution is 2.05. The SMILES string of the molecule is CS(=O)(=O)N[C@H](CCl)Cc1ccccc1. The summed E-state index contributed by atoms with van der Waals surface area (Å²) in [7, 11) is -3.19. The van der Waals surface area contributed by atoms with Gasteiger partial charge in [-0.2, -0.15) is 0 Å². The largest absolute Gasteiger partial charge is 0.213 e. The zero-order valence-corrected chi connectivity index (χ0v) is 10.1. The molecule has 0 bridgehead atoms. The molecule has 1 aromatic carbocycles. The first kappa shape index (κ1) is 12.5. The molecule has 1 N–H and O–H groups in total. The van der Waals surface area contributed by atoms with E-state index in [0.29, 0.717) is 6.42 Å². The van der Waals surface area contributed by atoms with E-state index in [1.807, 2.05) is 30.3 Å². The van der Waals surface area contributed by atoms with Gasteiger partial charge in [0, 0.05) is 11.9 Å². The highest BCUT2D eigenvalue weighted by Gasteiger charge is 2.12. The third kappa shape index (κ3) is 5.16. The number of rotatable bonds is 5. The van der Waals surface area contributed by atoms with Crippen molar-refractivity contribution in [2.45, 2.75) is 12.5 Å². The molecule has 0 aliphatic carbocycles. The van der Waals surface area contributed by atoms with Gasteiger partial charge in [0.15, 0.2) is 0 Å². The maximum Gasteiger partial charge on any atom is 0.208 e. The van der Waals surface area contributed by atoms with Gasteiger partial charge in [0.05, 0.1) is 6.26 Å². The van der Waals surface area contributed by atoms with E-state index in [1.165, 1.54) is 0 Å². The van der Waals surface area contributed by atoms with E-state index in [9.17, 15) is 8.42 Å². The van der Waals surface area contributed by atoms with Crippen molar-refractivity contribution >= 4 is 21.6 Å². The molecule has 0 saturated heterocycles. The van der Waals surface area contributed by atoms with Crippen LogP contribution in [0.4, 0.5) is 0 Å². The Morgan fingerprint density at radius 2 is 1.93 bits per heavy atom. The molecule has 0 saturated carbocycles. The molecule has 1 atom stereocenters. The van der Waals surface area contributed by atoms with Crippen LogP contribution < -0.4 is 4.72 Å². The zero-order valence-electron chi connectivity index (χ0n) is 8.48. The van der Waals surface area contributed by atoms with Crippen molar-refractivity contribution in [2.24, 2.45) is 0 Å². The van der Waals surface area contributed by atoms with Crippen LogP contribution in [0.5, 0.6) is 0 Å². The lowest BCUT2D eigenvalue weighted by Crippen LogP contribution is -2.36. The van der Waals surface area contributed by atoms with E-state index >= 15 is 0 Å². The maximum atomic E-state index is 11.0. The molecule has 0 aliphatic rings. The molecule has 0 spiro atoms. The summed E-state index contributed by atoms with van der Waals surface area (Å²) < 4.78 is 24.5. The predicted molar refractivity (Wildman–Crippen MR) is 62.6 cm³/mol. The minimum absolute atomic E-state index is 0.246. The molecular formula is C10H14ClNO2S. The maximum absolute atomic E-state index is 11.0. The van der Waals surface area contributed by atoms with Gasteiger partial charge in [-0.3, -0.25) is 0 Å². The van der Waals surface area contributed by atoms with Gasteiger partial charge in [-0.1, -0.05) is 30.3 Å². The lowest BCUT2D eigenvalue weighted by Gasteiger charge is -2.14. The van der Waals surface area contributed by atoms with Crippen molar-refractivity contribution in [2.75, 3.05) is 12.1 Å². The monoisotopic (exact) mass is 247 g/mol. The third-order valence-electron chi connectivity index (χ3n) is 1.89. The fraction of sp³-hybridized carbons (Fsp3) is 0.400. The Kier molecular flexibility index (Phi) is 4.57. The van der Waals surface area contributed by atoms with Crippen molar-refractivity contribution in [3.63, 3.8) is 0 Å². The number of hydrogen-bond donors (Lipinski definition) is 1. The first-order valence-corrected chi connectivity index (χ1v) is 7.01.